The zero-order valence-corrected chi connectivity index (χ0v) is 11.7. The van der Waals surface area contributed by atoms with E-state index in [0.717, 1.165) is 0 Å². The Morgan fingerprint density at radius 3 is 2.50 bits per heavy atom. The van der Waals surface area contributed by atoms with E-state index in [1.54, 1.807) is 0 Å². The number of halogens is 1. The Morgan fingerprint density at radius 2 is 2.00 bits per heavy atom. The monoisotopic (exact) mass is 305 g/mol. The summed E-state index contributed by atoms with van der Waals surface area (Å²) in [5.74, 6) is -1.83. The summed E-state index contributed by atoms with van der Waals surface area (Å²) in [7, 11) is -2.33. The number of sulfonamides is 1. The maximum absolute atomic E-state index is 12.7. The SMILES string of the molecule is COC(CNS(=O)(=O)Cc1ccc(F)cc1)CC(=O)O. The largest absolute Gasteiger partial charge is 0.481 e. The van der Waals surface area contributed by atoms with Gasteiger partial charge in [-0.15, -0.1) is 0 Å². The molecule has 0 saturated heterocycles. The third-order valence-electron chi connectivity index (χ3n) is 2.54. The van der Waals surface area contributed by atoms with Gasteiger partial charge in [0.15, 0.2) is 0 Å². The number of ether oxygens (including phenoxy) is 1. The maximum atomic E-state index is 12.7. The fourth-order valence-corrected chi connectivity index (χ4v) is 2.68. The molecule has 0 aliphatic carbocycles. The highest BCUT2D eigenvalue weighted by Crippen LogP contribution is 2.07. The average molecular weight is 305 g/mol. The number of carboxylic acids is 1. The number of carbonyl (C=O) groups is 1. The molecule has 1 aromatic rings. The van der Waals surface area contributed by atoms with Gasteiger partial charge in [0.05, 0.1) is 18.3 Å². The summed E-state index contributed by atoms with van der Waals surface area (Å²) in [6, 6.07) is 5.10. The van der Waals surface area contributed by atoms with Gasteiger partial charge in [-0.1, -0.05) is 12.1 Å². The highest BCUT2D eigenvalue weighted by molar-refractivity contribution is 7.88. The van der Waals surface area contributed by atoms with E-state index in [-0.39, 0.29) is 18.7 Å². The summed E-state index contributed by atoms with van der Waals surface area (Å²) in [5, 5.41) is 8.61. The first kappa shape index (κ1) is 16.5. The lowest BCUT2D eigenvalue weighted by Crippen LogP contribution is -2.35. The molecule has 0 aliphatic heterocycles. The van der Waals surface area contributed by atoms with Crippen molar-refractivity contribution in [3.8, 4) is 0 Å². The second-order valence-corrected chi connectivity index (χ2v) is 6.00. The van der Waals surface area contributed by atoms with Crippen LogP contribution in [0.1, 0.15) is 12.0 Å². The van der Waals surface area contributed by atoms with Crippen LogP contribution in [-0.4, -0.2) is 39.3 Å². The summed E-state index contributed by atoms with van der Waals surface area (Å²) in [6.07, 6.45) is -1.04. The van der Waals surface area contributed by atoms with Crippen LogP contribution in [0, 0.1) is 5.82 Å². The Labute approximate surface area is 116 Å². The van der Waals surface area contributed by atoms with Crippen LogP contribution in [-0.2, 0) is 25.3 Å². The van der Waals surface area contributed by atoms with E-state index in [1.165, 1.54) is 31.4 Å². The molecule has 2 N–H and O–H groups in total. The molecule has 1 rings (SSSR count). The molecule has 0 aliphatic rings. The Bertz CT molecular complexity index is 543. The van der Waals surface area contributed by atoms with Crippen LogP contribution in [0.25, 0.3) is 0 Å². The topological polar surface area (TPSA) is 92.7 Å². The fraction of sp³-hybridized carbons (Fsp3) is 0.417. The number of nitrogens with one attached hydrogen (secondary N) is 1. The van der Waals surface area contributed by atoms with Crippen LogP contribution in [0.2, 0.25) is 0 Å². The number of rotatable bonds is 8. The molecule has 1 aromatic carbocycles. The molecule has 20 heavy (non-hydrogen) atoms. The van der Waals surface area contributed by atoms with Gasteiger partial charge in [-0.05, 0) is 17.7 Å². The number of benzene rings is 1. The van der Waals surface area contributed by atoms with Gasteiger partial charge >= 0.3 is 5.97 Å². The van der Waals surface area contributed by atoms with Crippen molar-refractivity contribution in [2.45, 2.75) is 18.3 Å². The van der Waals surface area contributed by atoms with Crippen molar-refractivity contribution in [1.29, 1.82) is 0 Å². The first-order valence-corrected chi connectivity index (χ1v) is 7.44. The molecule has 1 unspecified atom stereocenters. The summed E-state index contributed by atoms with van der Waals surface area (Å²) in [5.41, 5.74) is 0.436. The van der Waals surface area contributed by atoms with Crippen molar-refractivity contribution >= 4 is 16.0 Å². The second kappa shape index (κ2) is 7.32. The second-order valence-electron chi connectivity index (χ2n) is 4.19. The lowest BCUT2D eigenvalue weighted by atomic mass is 10.2. The summed E-state index contributed by atoms with van der Waals surface area (Å²) in [4.78, 5) is 10.5. The van der Waals surface area contributed by atoms with Crippen molar-refractivity contribution < 1.29 is 27.4 Å². The van der Waals surface area contributed by atoms with Crippen LogP contribution in [0.4, 0.5) is 4.39 Å². The van der Waals surface area contributed by atoms with Crippen LogP contribution in [0.15, 0.2) is 24.3 Å². The summed E-state index contributed by atoms with van der Waals surface area (Å²) in [6.45, 7) is -0.133. The Balaban J connectivity index is 2.56. The molecule has 0 spiro atoms. The molecule has 8 heteroatoms. The molecular weight excluding hydrogens is 289 g/mol. The first-order valence-electron chi connectivity index (χ1n) is 5.79. The van der Waals surface area contributed by atoms with Gasteiger partial charge in [0.1, 0.15) is 5.82 Å². The molecule has 0 bridgehead atoms. The van der Waals surface area contributed by atoms with Crippen molar-refractivity contribution in [3.05, 3.63) is 35.6 Å². The van der Waals surface area contributed by atoms with Gasteiger partial charge in [-0.3, -0.25) is 4.79 Å². The van der Waals surface area contributed by atoms with Crippen LogP contribution >= 0.6 is 0 Å². The normalized spacial score (nSPS) is 13.1. The number of methoxy groups -OCH3 is 1. The van der Waals surface area contributed by atoms with E-state index in [9.17, 15) is 17.6 Å². The number of hydrogen-bond acceptors (Lipinski definition) is 4. The molecule has 0 saturated carbocycles. The van der Waals surface area contributed by atoms with Gasteiger partial charge in [-0.2, -0.15) is 0 Å². The predicted molar refractivity (Wildman–Crippen MR) is 70.1 cm³/mol. The molecular formula is C12H16FNO5S. The zero-order chi connectivity index (χ0) is 15.2. The van der Waals surface area contributed by atoms with Gasteiger partial charge in [0.25, 0.3) is 0 Å². The molecule has 0 amide bonds. The molecule has 1 atom stereocenters. The smallest absolute Gasteiger partial charge is 0.306 e. The van der Waals surface area contributed by atoms with E-state index < -0.39 is 27.9 Å². The maximum Gasteiger partial charge on any atom is 0.306 e. The minimum atomic E-state index is -3.63. The molecule has 0 aromatic heterocycles. The highest BCUT2D eigenvalue weighted by atomic mass is 32.2. The standard InChI is InChI=1S/C12H16FNO5S/c1-19-11(6-12(15)16)7-14-20(17,18)8-9-2-4-10(13)5-3-9/h2-5,11,14H,6-8H2,1H3,(H,15,16). The van der Waals surface area contributed by atoms with Crippen molar-refractivity contribution in [2.75, 3.05) is 13.7 Å². The van der Waals surface area contributed by atoms with E-state index in [2.05, 4.69) is 4.72 Å². The zero-order valence-electron chi connectivity index (χ0n) is 10.9. The van der Waals surface area contributed by atoms with Gasteiger partial charge in [-0.25, -0.2) is 17.5 Å². The van der Waals surface area contributed by atoms with E-state index in [0.29, 0.717) is 5.56 Å². The molecule has 112 valence electrons. The average Bonchev–Trinajstić information content (AvgIpc) is 2.36. The lowest BCUT2D eigenvalue weighted by Gasteiger charge is -2.14. The fourth-order valence-electron chi connectivity index (χ4n) is 1.50. The third kappa shape index (κ3) is 6.09. The van der Waals surface area contributed by atoms with Gasteiger partial charge in [0, 0.05) is 13.7 Å². The van der Waals surface area contributed by atoms with Gasteiger partial charge < -0.3 is 9.84 Å². The quantitative estimate of drug-likeness (QED) is 0.739. The summed E-state index contributed by atoms with van der Waals surface area (Å²) >= 11 is 0. The lowest BCUT2D eigenvalue weighted by molar-refractivity contribution is -0.139. The Hall–Kier alpha value is -1.51. The molecule has 0 heterocycles. The minimum Gasteiger partial charge on any atom is -0.481 e. The number of aliphatic carboxylic acids is 1. The molecule has 6 nitrogen and oxygen atoms in total. The van der Waals surface area contributed by atoms with E-state index in [1.807, 2.05) is 0 Å². The minimum absolute atomic E-state index is 0.133. The van der Waals surface area contributed by atoms with E-state index >= 15 is 0 Å². The van der Waals surface area contributed by atoms with Gasteiger partial charge in [0.2, 0.25) is 10.0 Å². The Kier molecular flexibility index (Phi) is 6.05. The predicted octanol–water partition coefficient (Wildman–Crippen LogP) is 0.735. The Morgan fingerprint density at radius 1 is 1.40 bits per heavy atom. The van der Waals surface area contributed by atoms with Crippen molar-refractivity contribution in [1.82, 2.24) is 4.72 Å². The van der Waals surface area contributed by atoms with Crippen LogP contribution in [0.3, 0.4) is 0 Å². The highest BCUT2D eigenvalue weighted by Gasteiger charge is 2.17. The van der Waals surface area contributed by atoms with Crippen molar-refractivity contribution in [3.63, 3.8) is 0 Å². The molecule has 0 radical (unpaired) electrons. The first-order chi connectivity index (χ1) is 9.32. The third-order valence-corrected chi connectivity index (χ3v) is 3.86. The van der Waals surface area contributed by atoms with Crippen LogP contribution < -0.4 is 4.72 Å². The molecule has 0 fully saturated rings. The number of hydrogen-bond donors (Lipinski definition) is 2. The number of carboxylic acid groups (broad SMARTS) is 1. The summed E-state index contributed by atoms with van der Waals surface area (Å²) < 4.78 is 43.4. The van der Waals surface area contributed by atoms with E-state index in [4.69, 9.17) is 9.84 Å². The van der Waals surface area contributed by atoms with Crippen LogP contribution in [0.5, 0.6) is 0 Å². The van der Waals surface area contributed by atoms with Crippen molar-refractivity contribution in [2.24, 2.45) is 0 Å².